The van der Waals surface area contributed by atoms with E-state index in [1.54, 1.807) is 0 Å². The van der Waals surface area contributed by atoms with Gasteiger partial charge < -0.3 is 5.84 Å². The molecule has 0 aliphatic carbocycles. The van der Waals surface area contributed by atoms with Crippen molar-refractivity contribution in [2.24, 2.45) is 25.0 Å². The molecule has 1 aromatic heterocycles. The molecule has 14 heavy (non-hydrogen) atoms. The van der Waals surface area contributed by atoms with Crippen LogP contribution >= 0.6 is 12.4 Å². The van der Waals surface area contributed by atoms with Crippen molar-refractivity contribution in [1.82, 2.24) is 9.36 Å². The number of aryl methyl sites for hydroxylation is 1. The van der Waals surface area contributed by atoms with Crippen LogP contribution < -0.4 is 11.3 Å². The van der Waals surface area contributed by atoms with Crippen molar-refractivity contribution >= 4 is 23.3 Å². The van der Waals surface area contributed by atoms with Gasteiger partial charge in [0.1, 0.15) is 0 Å². The predicted octanol–water partition coefficient (Wildman–Crippen LogP) is 0.713. The van der Waals surface area contributed by atoms with E-state index in [9.17, 15) is 0 Å². The first-order valence-corrected chi connectivity index (χ1v) is 4.10. The fourth-order valence-corrected chi connectivity index (χ4v) is 1.58. The minimum Gasteiger partial charge on any atom is -0.321 e. The highest BCUT2D eigenvalue weighted by Gasteiger charge is 2.03. The fraction of sp³-hybridized carbons (Fsp3) is 0.222. The molecule has 4 nitrogen and oxygen atoms in total. The van der Waals surface area contributed by atoms with Crippen molar-refractivity contribution in [2.45, 2.75) is 0 Å². The zero-order chi connectivity index (χ0) is 9.42. The average Bonchev–Trinajstić information content (AvgIpc) is 2.41. The molecule has 0 unspecified atom stereocenters. The lowest BCUT2D eigenvalue weighted by Crippen LogP contribution is -2.20. The van der Waals surface area contributed by atoms with Crippen molar-refractivity contribution in [3.05, 3.63) is 29.8 Å². The molecule has 0 fully saturated rings. The second-order valence-corrected chi connectivity index (χ2v) is 3.02. The second-order valence-electron chi connectivity index (χ2n) is 3.02. The minimum atomic E-state index is 0. The largest absolute Gasteiger partial charge is 0.321 e. The molecule has 76 valence electrons. The third kappa shape index (κ3) is 1.28. The zero-order valence-corrected chi connectivity index (χ0v) is 8.95. The quantitative estimate of drug-likeness (QED) is 0.508. The van der Waals surface area contributed by atoms with E-state index in [0.29, 0.717) is 0 Å². The van der Waals surface area contributed by atoms with Gasteiger partial charge in [0.05, 0.1) is 5.52 Å². The van der Waals surface area contributed by atoms with Crippen molar-refractivity contribution in [2.75, 3.05) is 0 Å². The van der Waals surface area contributed by atoms with E-state index < -0.39 is 0 Å². The van der Waals surface area contributed by atoms with Gasteiger partial charge in [0, 0.05) is 19.5 Å². The highest BCUT2D eigenvalue weighted by atomic mass is 35.5. The van der Waals surface area contributed by atoms with Crippen LogP contribution in [-0.2, 0) is 14.1 Å². The van der Waals surface area contributed by atoms with Crippen LogP contribution in [0.3, 0.4) is 0 Å². The van der Waals surface area contributed by atoms with Gasteiger partial charge in [-0.3, -0.25) is 9.36 Å². The smallest absolute Gasteiger partial charge is 0.175 e. The molecule has 0 atom stereocenters. The van der Waals surface area contributed by atoms with Crippen molar-refractivity contribution in [1.29, 1.82) is 0 Å². The molecule has 2 rings (SSSR count). The first-order valence-electron chi connectivity index (χ1n) is 4.10. The Morgan fingerprint density at radius 3 is 2.43 bits per heavy atom. The van der Waals surface area contributed by atoms with Gasteiger partial charge in [-0.25, -0.2) is 0 Å². The van der Waals surface area contributed by atoms with Crippen LogP contribution in [0.1, 0.15) is 0 Å². The van der Waals surface area contributed by atoms with E-state index in [0.717, 1.165) is 16.4 Å². The van der Waals surface area contributed by atoms with Gasteiger partial charge in [-0.2, -0.15) is 5.10 Å². The molecule has 0 saturated heterocycles. The molecule has 5 heteroatoms. The summed E-state index contributed by atoms with van der Waals surface area (Å²) in [5, 5.41) is 4.84. The number of hydrogen-bond acceptors (Lipinski definition) is 2. The fourth-order valence-electron chi connectivity index (χ4n) is 1.58. The number of halogens is 1. The first-order chi connectivity index (χ1) is 6.25. The number of benzene rings is 1. The lowest BCUT2D eigenvalue weighted by molar-refractivity contribution is 0.584. The molecule has 0 saturated carbocycles. The maximum Gasteiger partial charge on any atom is 0.175 e. The van der Waals surface area contributed by atoms with Gasteiger partial charge in [-0.15, -0.1) is 12.4 Å². The van der Waals surface area contributed by atoms with Gasteiger partial charge >= 0.3 is 0 Å². The number of hydrogen-bond donors (Lipinski definition) is 1. The third-order valence-electron chi connectivity index (χ3n) is 2.37. The topological polar surface area (TPSA) is 48.2 Å². The molecular weight excluding hydrogens is 200 g/mol. The number of rotatable bonds is 0. The van der Waals surface area contributed by atoms with Crippen LogP contribution in [0, 0.1) is 0 Å². The van der Waals surface area contributed by atoms with Crippen molar-refractivity contribution in [3.63, 3.8) is 0 Å². The van der Waals surface area contributed by atoms with Gasteiger partial charge in [0.15, 0.2) is 5.49 Å². The summed E-state index contributed by atoms with van der Waals surface area (Å²) in [5.41, 5.74) is 1.94. The predicted molar refractivity (Wildman–Crippen MR) is 58.9 cm³/mol. The molecular formula is C9H13ClN4. The summed E-state index contributed by atoms with van der Waals surface area (Å²) in [7, 11) is 3.92. The minimum absolute atomic E-state index is 0. The van der Waals surface area contributed by atoms with Gasteiger partial charge in [0.25, 0.3) is 0 Å². The third-order valence-corrected chi connectivity index (χ3v) is 2.37. The summed E-state index contributed by atoms with van der Waals surface area (Å²) in [6, 6.07) is 8.05. The molecule has 0 amide bonds. The number of fused-ring (bicyclic) bond motifs is 1. The van der Waals surface area contributed by atoms with Crippen LogP contribution in [0.4, 0.5) is 0 Å². The van der Waals surface area contributed by atoms with Gasteiger partial charge in [0.2, 0.25) is 0 Å². The van der Waals surface area contributed by atoms with Gasteiger partial charge in [-0.05, 0) is 12.1 Å². The number of para-hydroxylation sites is 1. The summed E-state index contributed by atoms with van der Waals surface area (Å²) < 4.78 is 3.94. The summed E-state index contributed by atoms with van der Waals surface area (Å²) >= 11 is 0. The maximum atomic E-state index is 5.32. The number of aromatic nitrogens is 2. The molecule has 0 aliphatic rings. The highest BCUT2D eigenvalue weighted by molar-refractivity contribution is 5.85. The molecule has 0 spiro atoms. The van der Waals surface area contributed by atoms with E-state index in [4.69, 9.17) is 5.84 Å². The summed E-state index contributed by atoms with van der Waals surface area (Å²) in [5.74, 6) is 5.32. The standard InChI is InChI=1S/C9H12N4.ClH/c1-12-8-6-4-3-5-7(8)9(11-10)13(12)2;/h3-6H,10H2,1-2H3;1H. The molecule has 2 N–H and O–H groups in total. The number of nitrogens with two attached hydrogens (primary N) is 1. The molecule has 1 aromatic carbocycles. The molecule has 0 aliphatic heterocycles. The van der Waals surface area contributed by atoms with Crippen LogP contribution in [0.25, 0.3) is 10.9 Å². The van der Waals surface area contributed by atoms with E-state index >= 15 is 0 Å². The Morgan fingerprint density at radius 2 is 1.79 bits per heavy atom. The Bertz CT molecular complexity index is 509. The van der Waals surface area contributed by atoms with Crippen LogP contribution in [-0.4, -0.2) is 9.36 Å². The Balaban J connectivity index is 0.000000980. The van der Waals surface area contributed by atoms with E-state index in [-0.39, 0.29) is 12.4 Å². The summed E-state index contributed by atoms with van der Waals surface area (Å²) in [6.07, 6.45) is 0. The normalized spacial score (nSPS) is 11.7. The maximum absolute atomic E-state index is 5.32. The second kappa shape index (κ2) is 3.75. The Labute approximate surface area is 88.0 Å². The van der Waals surface area contributed by atoms with Crippen molar-refractivity contribution in [3.8, 4) is 0 Å². The summed E-state index contributed by atoms with van der Waals surface area (Å²) in [4.78, 5) is 0. The monoisotopic (exact) mass is 212 g/mol. The van der Waals surface area contributed by atoms with Crippen LogP contribution in [0.15, 0.2) is 29.4 Å². The first kappa shape index (κ1) is 10.7. The average molecular weight is 213 g/mol. The SMILES string of the molecule is Cl.Cn1c(=NN)c2ccccc2n1C. The molecule has 0 bridgehead atoms. The zero-order valence-electron chi connectivity index (χ0n) is 8.14. The van der Waals surface area contributed by atoms with E-state index in [2.05, 4.69) is 5.10 Å². The Hall–Kier alpha value is -1.42. The Morgan fingerprint density at radius 1 is 1.14 bits per heavy atom. The number of nitrogens with zero attached hydrogens (tertiary/aromatic N) is 3. The Kier molecular flexibility index (Phi) is 2.86. The van der Waals surface area contributed by atoms with Crippen LogP contribution in [0.5, 0.6) is 0 Å². The van der Waals surface area contributed by atoms with E-state index in [1.165, 1.54) is 0 Å². The summed E-state index contributed by atoms with van der Waals surface area (Å²) in [6.45, 7) is 0. The molecule has 1 heterocycles. The highest BCUT2D eigenvalue weighted by Crippen LogP contribution is 2.07. The lowest BCUT2D eigenvalue weighted by Gasteiger charge is -1.99. The van der Waals surface area contributed by atoms with Gasteiger partial charge in [-0.1, -0.05) is 12.1 Å². The van der Waals surface area contributed by atoms with Crippen LogP contribution in [0.2, 0.25) is 0 Å². The van der Waals surface area contributed by atoms with Crippen molar-refractivity contribution < 1.29 is 0 Å². The lowest BCUT2D eigenvalue weighted by atomic mass is 10.2. The molecule has 2 aromatic rings. The molecule has 0 radical (unpaired) electrons. The van der Waals surface area contributed by atoms with E-state index in [1.807, 2.05) is 47.7 Å².